The van der Waals surface area contributed by atoms with Crippen LogP contribution in [0, 0.1) is 6.92 Å². The third kappa shape index (κ3) is 3.07. The number of hydrogen-bond donors (Lipinski definition) is 0. The Morgan fingerprint density at radius 2 is 1.90 bits per heavy atom. The SMILES string of the molecule is Cc1ccc(O[C@H](CCCl)c2ccccc2)c2sccc12. The molecule has 21 heavy (non-hydrogen) atoms. The lowest BCUT2D eigenvalue weighted by Gasteiger charge is -2.19. The Balaban J connectivity index is 1.95. The normalized spacial score (nSPS) is 12.5. The molecule has 0 saturated heterocycles. The lowest BCUT2D eigenvalue weighted by Crippen LogP contribution is -2.08. The van der Waals surface area contributed by atoms with Crippen LogP contribution in [0.2, 0.25) is 0 Å². The number of benzene rings is 2. The maximum atomic E-state index is 6.29. The van der Waals surface area contributed by atoms with Crippen LogP contribution in [0.5, 0.6) is 5.75 Å². The zero-order chi connectivity index (χ0) is 14.7. The minimum Gasteiger partial charge on any atom is -0.484 e. The van der Waals surface area contributed by atoms with Gasteiger partial charge in [-0.25, -0.2) is 0 Å². The number of alkyl halides is 1. The van der Waals surface area contributed by atoms with Crippen molar-refractivity contribution in [3.05, 3.63) is 65.0 Å². The number of fused-ring (bicyclic) bond motifs is 1. The summed E-state index contributed by atoms with van der Waals surface area (Å²) in [5.41, 5.74) is 2.45. The van der Waals surface area contributed by atoms with Crippen LogP contribution >= 0.6 is 22.9 Å². The Morgan fingerprint density at radius 3 is 2.67 bits per heavy atom. The minimum atomic E-state index is -0.00305. The van der Waals surface area contributed by atoms with E-state index in [0.29, 0.717) is 5.88 Å². The summed E-state index contributed by atoms with van der Waals surface area (Å²) in [7, 11) is 0. The third-order valence-electron chi connectivity index (χ3n) is 3.61. The number of ether oxygens (including phenoxy) is 1. The summed E-state index contributed by atoms with van der Waals surface area (Å²) in [4.78, 5) is 0. The quantitative estimate of drug-likeness (QED) is 0.528. The summed E-state index contributed by atoms with van der Waals surface area (Å²) in [6.45, 7) is 2.13. The van der Waals surface area contributed by atoms with E-state index >= 15 is 0 Å². The summed E-state index contributed by atoms with van der Waals surface area (Å²) in [6.07, 6.45) is 0.795. The molecule has 0 saturated carbocycles. The van der Waals surface area contributed by atoms with Gasteiger partial charge in [-0.3, -0.25) is 0 Å². The van der Waals surface area contributed by atoms with E-state index in [1.54, 1.807) is 11.3 Å². The van der Waals surface area contributed by atoms with Gasteiger partial charge in [0, 0.05) is 12.3 Å². The Hall–Kier alpha value is -1.51. The zero-order valence-electron chi connectivity index (χ0n) is 11.9. The number of halogens is 1. The number of rotatable bonds is 5. The van der Waals surface area contributed by atoms with Crippen molar-refractivity contribution < 1.29 is 4.74 Å². The fourth-order valence-electron chi connectivity index (χ4n) is 2.48. The number of thiophene rings is 1. The molecule has 0 spiro atoms. The molecule has 1 aromatic heterocycles. The van der Waals surface area contributed by atoms with Gasteiger partial charge in [0.1, 0.15) is 11.9 Å². The van der Waals surface area contributed by atoms with E-state index < -0.39 is 0 Å². The molecule has 0 unspecified atom stereocenters. The fourth-order valence-corrected chi connectivity index (χ4v) is 3.61. The second-order valence-corrected chi connectivity index (χ2v) is 6.33. The Morgan fingerprint density at radius 1 is 1.10 bits per heavy atom. The molecule has 0 aliphatic carbocycles. The van der Waals surface area contributed by atoms with E-state index in [2.05, 4.69) is 42.6 Å². The van der Waals surface area contributed by atoms with Gasteiger partial charge in [0.25, 0.3) is 0 Å². The molecule has 3 aromatic rings. The Labute approximate surface area is 134 Å². The fraction of sp³-hybridized carbons (Fsp3) is 0.222. The zero-order valence-corrected chi connectivity index (χ0v) is 13.5. The van der Waals surface area contributed by atoms with Gasteiger partial charge in [0.05, 0.1) is 4.70 Å². The molecule has 1 atom stereocenters. The van der Waals surface area contributed by atoms with E-state index in [1.807, 2.05) is 18.2 Å². The highest BCUT2D eigenvalue weighted by molar-refractivity contribution is 7.17. The highest BCUT2D eigenvalue weighted by Crippen LogP contribution is 2.36. The molecule has 0 aliphatic rings. The molecule has 2 aromatic carbocycles. The van der Waals surface area contributed by atoms with E-state index in [4.69, 9.17) is 16.3 Å². The molecule has 0 fully saturated rings. The van der Waals surface area contributed by atoms with Crippen molar-refractivity contribution in [2.24, 2.45) is 0 Å². The second-order valence-electron chi connectivity index (χ2n) is 5.04. The Bertz CT molecular complexity index is 720. The molecule has 3 heteroatoms. The molecular formula is C18H17ClOS. The first kappa shape index (κ1) is 14.4. The van der Waals surface area contributed by atoms with E-state index in [0.717, 1.165) is 12.2 Å². The van der Waals surface area contributed by atoms with Crippen LogP contribution < -0.4 is 4.74 Å². The van der Waals surface area contributed by atoms with Crippen LogP contribution in [-0.4, -0.2) is 5.88 Å². The summed E-state index contributed by atoms with van der Waals surface area (Å²) in [5.74, 6) is 1.53. The number of hydrogen-bond acceptors (Lipinski definition) is 2. The standard InChI is InChI=1S/C18H17ClOS/c1-13-7-8-17(18-15(13)10-12-21-18)20-16(9-11-19)14-5-3-2-4-6-14/h2-8,10,12,16H,9,11H2,1H3/t16-/m1/s1. The molecule has 1 heterocycles. The third-order valence-corrected chi connectivity index (χ3v) is 4.76. The molecule has 0 radical (unpaired) electrons. The van der Waals surface area contributed by atoms with Crippen LogP contribution in [0.4, 0.5) is 0 Å². The summed E-state index contributed by atoms with van der Waals surface area (Å²) in [6, 6.07) is 16.6. The predicted molar refractivity (Wildman–Crippen MR) is 91.7 cm³/mol. The van der Waals surface area contributed by atoms with Crippen LogP contribution in [0.15, 0.2) is 53.9 Å². The van der Waals surface area contributed by atoms with Crippen LogP contribution in [0.1, 0.15) is 23.7 Å². The molecule has 0 bridgehead atoms. The smallest absolute Gasteiger partial charge is 0.138 e. The Kier molecular flexibility index (Phi) is 4.47. The van der Waals surface area contributed by atoms with Gasteiger partial charge < -0.3 is 4.74 Å². The summed E-state index contributed by atoms with van der Waals surface area (Å²) < 4.78 is 7.51. The molecule has 0 N–H and O–H groups in total. The van der Waals surface area contributed by atoms with Crippen molar-refractivity contribution in [2.45, 2.75) is 19.4 Å². The number of aryl methyl sites for hydroxylation is 1. The van der Waals surface area contributed by atoms with Crippen LogP contribution in [0.25, 0.3) is 10.1 Å². The molecular weight excluding hydrogens is 300 g/mol. The first-order chi connectivity index (χ1) is 10.3. The maximum Gasteiger partial charge on any atom is 0.138 e. The average molecular weight is 317 g/mol. The van der Waals surface area contributed by atoms with Gasteiger partial charge >= 0.3 is 0 Å². The first-order valence-electron chi connectivity index (χ1n) is 7.04. The lowest BCUT2D eigenvalue weighted by molar-refractivity contribution is 0.205. The predicted octanol–water partition coefficient (Wildman–Crippen LogP) is 5.96. The molecule has 1 nitrogen and oxygen atoms in total. The van der Waals surface area contributed by atoms with Gasteiger partial charge in [-0.15, -0.1) is 22.9 Å². The van der Waals surface area contributed by atoms with Crippen LogP contribution in [-0.2, 0) is 0 Å². The molecule has 3 rings (SSSR count). The highest BCUT2D eigenvalue weighted by atomic mass is 35.5. The maximum absolute atomic E-state index is 6.29. The average Bonchev–Trinajstić information content (AvgIpc) is 3.01. The van der Waals surface area contributed by atoms with Crippen molar-refractivity contribution in [1.82, 2.24) is 0 Å². The van der Waals surface area contributed by atoms with E-state index in [9.17, 15) is 0 Å². The van der Waals surface area contributed by atoms with Crippen molar-refractivity contribution >= 4 is 33.0 Å². The van der Waals surface area contributed by atoms with Gasteiger partial charge in [0.2, 0.25) is 0 Å². The second kappa shape index (κ2) is 6.50. The van der Waals surface area contributed by atoms with Gasteiger partial charge in [-0.2, -0.15) is 0 Å². The molecule has 108 valence electrons. The van der Waals surface area contributed by atoms with Crippen LogP contribution in [0.3, 0.4) is 0 Å². The summed E-state index contributed by atoms with van der Waals surface area (Å²) >= 11 is 7.68. The van der Waals surface area contributed by atoms with E-state index in [-0.39, 0.29) is 6.10 Å². The summed E-state index contributed by atoms with van der Waals surface area (Å²) in [5, 5.41) is 3.39. The lowest BCUT2D eigenvalue weighted by atomic mass is 10.1. The monoisotopic (exact) mass is 316 g/mol. The minimum absolute atomic E-state index is 0.00305. The van der Waals surface area contributed by atoms with E-state index in [1.165, 1.54) is 21.2 Å². The topological polar surface area (TPSA) is 9.23 Å². The van der Waals surface area contributed by atoms with Gasteiger partial charge in [-0.1, -0.05) is 36.4 Å². The van der Waals surface area contributed by atoms with Gasteiger partial charge in [0.15, 0.2) is 0 Å². The first-order valence-corrected chi connectivity index (χ1v) is 8.45. The van der Waals surface area contributed by atoms with Gasteiger partial charge in [-0.05, 0) is 40.9 Å². The highest BCUT2D eigenvalue weighted by Gasteiger charge is 2.15. The van der Waals surface area contributed by atoms with Crippen molar-refractivity contribution in [2.75, 3.05) is 5.88 Å². The molecule has 0 amide bonds. The largest absolute Gasteiger partial charge is 0.484 e. The van der Waals surface area contributed by atoms with Crippen molar-refractivity contribution in [1.29, 1.82) is 0 Å². The molecule has 0 aliphatic heterocycles. The van der Waals surface area contributed by atoms with Crippen molar-refractivity contribution in [3.8, 4) is 5.75 Å². The van der Waals surface area contributed by atoms with Crippen molar-refractivity contribution in [3.63, 3.8) is 0 Å².